The first-order valence-electron chi connectivity index (χ1n) is 5.61. The zero-order chi connectivity index (χ0) is 11.5. The summed E-state index contributed by atoms with van der Waals surface area (Å²) in [5.41, 5.74) is 9.02. The van der Waals surface area contributed by atoms with E-state index in [9.17, 15) is 0 Å². The quantitative estimate of drug-likeness (QED) is 0.311. The standard InChI is InChI=1S/C12H17N3O/c1-2-14-11-7-6-8-9(11)4-3-5-10(8)12(13)15-16/h3-5,11,14,16H,2,6-7H2,1H3,(H2,13,15). The maximum Gasteiger partial charge on any atom is 0.170 e. The Kier molecular flexibility index (Phi) is 3.10. The molecule has 1 aromatic carbocycles. The number of hydrogen-bond donors (Lipinski definition) is 3. The highest BCUT2D eigenvalue weighted by Crippen LogP contribution is 2.33. The van der Waals surface area contributed by atoms with E-state index in [1.165, 1.54) is 11.1 Å². The van der Waals surface area contributed by atoms with E-state index in [0.717, 1.165) is 24.9 Å². The van der Waals surface area contributed by atoms with Gasteiger partial charge in [0.15, 0.2) is 5.84 Å². The molecule has 1 unspecified atom stereocenters. The highest BCUT2D eigenvalue weighted by Gasteiger charge is 2.24. The van der Waals surface area contributed by atoms with E-state index in [-0.39, 0.29) is 5.84 Å². The van der Waals surface area contributed by atoms with Crippen LogP contribution in [-0.4, -0.2) is 17.6 Å². The van der Waals surface area contributed by atoms with Gasteiger partial charge in [-0.3, -0.25) is 0 Å². The molecular weight excluding hydrogens is 202 g/mol. The van der Waals surface area contributed by atoms with E-state index in [4.69, 9.17) is 10.9 Å². The highest BCUT2D eigenvalue weighted by atomic mass is 16.4. The minimum atomic E-state index is 0.203. The number of nitrogens with one attached hydrogen (secondary N) is 1. The van der Waals surface area contributed by atoms with Gasteiger partial charge in [0.1, 0.15) is 0 Å². The van der Waals surface area contributed by atoms with E-state index in [2.05, 4.69) is 23.5 Å². The first kappa shape index (κ1) is 11.0. The van der Waals surface area contributed by atoms with Gasteiger partial charge in [-0.1, -0.05) is 30.3 Å². The van der Waals surface area contributed by atoms with Crippen LogP contribution in [0.4, 0.5) is 0 Å². The Morgan fingerprint density at radius 3 is 3.12 bits per heavy atom. The number of nitrogens with zero attached hydrogens (tertiary/aromatic N) is 1. The lowest BCUT2D eigenvalue weighted by Gasteiger charge is -2.13. The molecule has 0 amide bonds. The Hall–Kier alpha value is -1.55. The second kappa shape index (κ2) is 4.53. The largest absolute Gasteiger partial charge is 0.409 e. The Morgan fingerprint density at radius 1 is 1.62 bits per heavy atom. The minimum Gasteiger partial charge on any atom is -0.409 e. The average Bonchev–Trinajstić information content (AvgIpc) is 2.72. The van der Waals surface area contributed by atoms with Crippen molar-refractivity contribution in [2.24, 2.45) is 10.9 Å². The molecule has 0 aromatic heterocycles. The van der Waals surface area contributed by atoms with E-state index < -0.39 is 0 Å². The SMILES string of the molecule is CCNC1CCc2c(C(N)=NO)cccc21. The molecule has 0 radical (unpaired) electrons. The van der Waals surface area contributed by atoms with Gasteiger partial charge >= 0.3 is 0 Å². The molecule has 4 heteroatoms. The molecular formula is C12H17N3O. The van der Waals surface area contributed by atoms with Crippen LogP contribution >= 0.6 is 0 Å². The Bertz CT molecular complexity index is 415. The van der Waals surface area contributed by atoms with Gasteiger partial charge in [-0.15, -0.1) is 0 Å². The summed E-state index contributed by atoms with van der Waals surface area (Å²) in [4.78, 5) is 0. The van der Waals surface area contributed by atoms with Gasteiger partial charge in [0.2, 0.25) is 0 Å². The molecule has 1 atom stereocenters. The Balaban J connectivity index is 2.40. The van der Waals surface area contributed by atoms with Crippen molar-refractivity contribution < 1.29 is 5.21 Å². The number of oxime groups is 1. The van der Waals surface area contributed by atoms with Crippen LogP contribution < -0.4 is 11.1 Å². The normalized spacial score (nSPS) is 19.8. The van der Waals surface area contributed by atoms with E-state index in [0.29, 0.717) is 6.04 Å². The molecule has 0 saturated carbocycles. The van der Waals surface area contributed by atoms with Crippen molar-refractivity contribution in [2.75, 3.05) is 6.54 Å². The number of hydrogen-bond acceptors (Lipinski definition) is 3. The molecule has 0 bridgehead atoms. The zero-order valence-electron chi connectivity index (χ0n) is 9.40. The van der Waals surface area contributed by atoms with Crippen LogP contribution in [-0.2, 0) is 6.42 Å². The van der Waals surface area contributed by atoms with Crippen molar-refractivity contribution in [2.45, 2.75) is 25.8 Å². The maximum atomic E-state index is 8.74. The minimum absolute atomic E-state index is 0.203. The molecule has 1 aliphatic carbocycles. The lowest BCUT2D eigenvalue weighted by Crippen LogP contribution is -2.19. The molecule has 86 valence electrons. The van der Waals surface area contributed by atoms with Gasteiger partial charge in [0, 0.05) is 11.6 Å². The first-order valence-corrected chi connectivity index (χ1v) is 5.61. The number of nitrogens with two attached hydrogens (primary N) is 1. The van der Waals surface area contributed by atoms with Crippen molar-refractivity contribution in [1.82, 2.24) is 5.32 Å². The summed E-state index contributed by atoms with van der Waals surface area (Å²) in [5, 5.41) is 15.3. The molecule has 0 heterocycles. The maximum absolute atomic E-state index is 8.74. The molecule has 0 fully saturated rings. The summed E-state index contributed by atoms with van der Waals surface area (Å²) >= 11 is 0. The molecule has 0 saturated heterocycles. The summed E-state index contributed by atoms with van der Waals surface area (Å²) in [6, 6.07) is 6.39. The van der Waals surface area contributed by atoms with Crippen molar-refractivity contribution in [1.29, 1.82) is 0 Å². The van der Waals surface area contributed by atoms with Crippen LogP contribution in [0.5, 0.6) is 0 Å². The summed E-state index contributed by atoms with van der Waals surface area (Å²) < 4.78 is 0. The average molecular weight is 219 g/mol. The molecule has 1 aliphatic rings. The zero-order valence-corrected chi connectivity index (χ0v) is 9.40. The van der Waals surface area contributed by atoms with E-state index in [1.807, 2.05) is 12.1 Å². The van der Waals surface area contributed by atoms with Crippen LogP contribution in [0.2, 0.25) is 0 Å². The van der Waals surface area contributed by atoms with E-state index >= 15 is 0 Å². The van der Waals surface area contributed by atoms with Crippen molar-refractivity contribution >= 4 is 5.84 Å². The summed E-state index contributed by atoms with van der Waals surface area (Å²) in [6.07, 6.45) is 2.07. The third-order valence-corrected chi connectivity index (χ3v) is 3.10. The predicted molar refractivity (Wildman–Crippen MR) is 63.7 cm³/mol. The number of rotatable bonds is 3. The van der Waals surface area contributed by atoms with Gasteiger partial charge in [-0.2, -0.15) is 0 Å². The molecule has 4 N–H and O–H groups in total. The number of amidine groups is 1. The number of fused-ring (bicyclic) bond motifs is 1. The van der Waals surface area contributed by atoms with Gasteiger partial charge in [-0.25, -0.2) is 0 Å². The fourth-order valence-corrected chi connectivity index (χ4v) is 2.41. The van der Waals surface area contributed by atoms with Crippen LogP contribution in [0.25, 0.3) is 0 Å². The van der Waals surface area contributed by atoms with Gasteiger partial charge in [0.25, 0.3) is 0 Å². The third-order valence-electron chi connectivity index (χ3n) is 3.10. The topological polar surface area (TPSA) is 70.6 Å². The fourth-order valence-electron chi connectivity index (χ4n) is 2.41. The summed E-state index contributed by atoms with van der Waals surface area (Å²) in [7, 11) is 0. The third kappa shape index (κ3) is 1.76. The first-order chi connectivity index (χ1) is 7.77. The van der Waals surface area contributed by atoms with Crippen molar-refractivity contribution in [3.63, 3.8) is 0 Å². The molecule has 1 aromatic rings. The predicted octanol–water partition coefficient (Wildman–Crippen LogP) is 1.38. The molecule has 2 rings (SSSR count). The smallest absolute Gasteiger partial charge is 0.170 e. The van der Waals surface area contributed by atoms with Gasteiger partial charge in [-0.05, 0) is 30.5 Å². The molecule has 0 aliphatic heterocycles. The van der Waals surface area contributed by atoms with Gasteiger partial charge in [0.05, 0.1) is 0 Å². The van der Waals surface area contributed by atoms with Gasteiger partial charge < -0.3 is 16.3 Å². The monoisotopic (exact) mass is 219 g/mol. The second-order valence-electron chi connectivity index (χ2n) is 4.01. The summed E-state index contributed by atoms with van der Waals surface area (Å²) in [5.74, 6) is 0.203. The van der Waals surface area contributed by atoms with Crippen LogP contribution in [0.1, 0.15) is 36.1 Å². The second-order valence-corrected chi connectivity index (χ2v) is 4.01. The fraction of sp³-hybridized carbons (Fsp3) is 0.417. The van der Waals surface area contributed by atoms with Crippen LogP contribution in [0, 0.1) is 0 Å². The van der Waals surface area contributed by atoms with Crippen LogP contribution in [0.15, 0.2) is 23.4 Å². The lowest BCUT2D eigenvalue weighted by atomic mass is 10.0. The molecule has 0 spiro atoms. The van der Waals surface area contributed by atoms with E-state index in [1.54, 1.807) is 0 Å². The summed E-state index contributed by atoms with van der Waals surface area (Å²) in [6.45, 7) is 3.06. The Labute approximate surface area is 95.1 Å². The highest BCUT2D eigenvalue weighted by molar-refractivity contribution is 5.98. The van der Waals surface area contributed by atoms with Crippen molar-refractivity contribution in [3.05, 3.63) is 34.9 Å². The van der Waals surface area contributed by atoms with Crippen LogP contribution in [0.3, 0.4) is 0 Å². The molecule has 4 nitrogen and oxygen atoms in total. The molecule has 16 heavy (non-hydrogen) atoms. The van der Waals surface area contributed by atoms with Crippen molar-refractivity contribution in [3.8, 4) is 0 Å². The lowest BCUT2D eigenvalue weighted by molar-refractivity contribution is 0.318. The number of benzene rings is 1. The Morgan fingerprint density at radius 2 is 2.44 bits per heavy atom.